The Kier molecular flexibility index (Phi) is 8.04. The van der Waals surface area contributed by atoms with E-state index in [-0.39, 0.29) is 12.4 Å². The molecule has 1 rings (SSSR count). The van der Waals surface area contributed by atoms with E-state index in [9.17, 15) is 0 Å². The molecule has 1 fully saturated rings. The summed E-state index contributed by atoms with van der Waals surface area (Å²) in [5.74, 6) is 1.05. The van der Waals surface area contributed by atoms with Crippen molar-refractivity contribution in [3.63, 3.8) is 0 Å². The standard InChI is InChI=1S/C10H21N.ClH/c11-9-5-4-8-10-6-2-1-3-7-10;/h10H,1-9,11H2;1H. The number of nitrogens with two attached hydrogens (primary N) is 1. The summed E-state index contributed by atoms with van der Waals surface area (Å²) in [5, 5.41) is 0. The first kappa shape index (κ1) is 12.2. The van der Waals surface area contributed by atoms with Crippen molar-refractivity contribution < 1.29 is 0 Å². The molecule has 0 amide bonds. The van der Waals surface area contributed by atoms with E-state index in [0.717, 1.165) is 12.5 Å². The highest BCUT2D eigenvalue weighted by atomic mass is 35.5. The van der Waals surface area contributed by atoms with Crippen molar-refractivity contribution >= 4 is 12.4 Å². The van der Waals surface area contributed by atoms with Crippen molar-refractivity contribution in [1.29, 1.82) is 0 Å². The van der Waals surface area contributed by atoms with Gasteiger partial charge in [0.2, 0.25) is 0 Å². The molecule has 2 N–H and O–H groups in total. The minimum absolute atomic E-state index is 0. The summed E-state index contributed by atoms with van der Waals surface area (Å²) in [6, 6.07) is 0. The van der Waals surface area contributed by atoms with Crippen LogP contribution in [0.15, 0.2) is 0 Å². The number of halogens is 1. The molecular weight excluding hydrogens is 170 g/mol. The lowest BCUT2D eigenvalue weighted by atomic mass is 9.86. The highest BCUT2D eigenvalue weighted by Gasteiger charge is 2.11. The largest absolute Gasteiger partial charge is 0.330 e. The summed E-state index contributed by atoms with van der Waals surface area (Å²) >= 11 is 0. The molecule has 12 heavy (non-hydrogen) atoms. The zero-order chi connectivity index (χ0) is 7.94. The van der Waals surface area contributed by atoms with Crippen molar-refractivity contribution in [2.24, 2.45) is 11.7 Å². The molecule has 1 aliphatic carbocycles. The van der Waals surface area contributed by atoms with Gasteiger partial charge in [0.05, 0.1) is 0 Å². The fraction of sp³-hybridized carbons (Fsp3) is 1.00. The van der Waals surface area contributed by atoms with Gasteiger partial charge in [-0.25, -0.2) is 0 Å². The average molecular weight is 192 g/mol. The topological polar surface area (TPSA) is 26.0 Å². The van der Waals surface area contributed by atoms with Crippen LogP contribution in [0.5, 0.6) is 0 Å². The van der Waals surface area contributed by atoms with Gasteiger partial charge in [0.15, 0.2) is 0 Å². The first-order valence-electron chi connectivity index (χ1n) is 5.13. The van der Waals surface area contributed by atoms with E-state index in [1.54, 1.807) is 0 Å². The second kappa shape index (κ2) is 7.88. The quantitative estimate of drug-likeness (QED) is 0.679. The Hall–Kier alpha value is 0.250. The lowest BCUT2D eigenvalue weighted by Gasteiger charge is -2.20. The molecule has 1 nitrogen and oxygen atoms in total. The predicted octanol–water partition coefficient (Wildman–Crippen LogP) is 3.12. The molecule has 0 heterocycles. The van der Waals surface area contributed by atoms with Gasteiger partial charge in [0.25, 0.3) is 0 Å². The molecule has 0 aromatic rings. The SMILES string of the molecule is Cl.NCCCCC1CCCCC1. The van der Waals surface area contributed by atoms with Crippen LogP contribution in [-0.2, 0) is 0 Å². The van der Waals surface area contributed by atoms with Gasteiger partial charge in [0, 0.05) is 0 Å². The third-order valence-electron chi connectivity index (χ3n) is 2.79. The predicted molar refractivity (Wildman–Crippen MR) is 56.7 cm³/mol. The monoisotopic (exact) mass is 191 g/mol. The summed E-state index contributed by atoms with van der Waals surface area (Å²) in [7, 11) is 0. The molecule has 0 spiro atoms. The van der Waals surface area contributed by atoms with Crippen LogP contribution in [0.2, 0.25) is 0 Å². The minimum atomic E-state index is 0. The smallest absolute Gasteiger partial charge is 0.00773 e. The van der Waals surface area contributed by atoms with Gasteiger partial charge in [-0.3, -0.25) is 0 Å². The van der Waals surface area contributed by atoms with E-state index in [1.165, 1.54) is 51.4 Å². The van der Waals surface area contributed by atoms with Gasteiger partial charge in [-0.15, -0.1) is 12.4 Å². The maximum absolute atomic E-state index is 5.44. The maximum atomic E-state index is 5.44. The molecule has 0 aromatic carbocycles. The van der Waals surface area contributed by atoms with E-state index in [1.807, 2.05) is 0 Å². The molecule has 0 atom stereocenters. The Morgan fingerprint density at radius 3 is 2.25 bits per heavy atom. The van der Waals surface area contributed by atoms with Gasteiger partial charge in [-0.1, -0.05) is 44.9 Å². The number of unbranched alkanes of at least 4 members (excludes halogenated alkanes) is 1. The zero-order valence-electron chi connectivity index (χ0n) is 7.93. The van der Waals surface area contributed by atoms with Crippen LogP contribution in [0.25, 0.3) is 0 Å². The second-order valence-electron chi connectivity index (χ2n) is 3.79. The Bertz CT molecular complexity index is 89.8. The van der Waals surface area contributed by atoms with E-state index < -0.39 is 0 Å². The van der Waals surface area contributed by atoms with Gasteiger partial charge in [-0.2, -0.15) is 0 Å². The average Bonchev–Trinajstić information content (AvgIpc) is 2.07. The first-order valence-corrected chi connectivity index (χ1v) is 5.13. The molecule has 0 aliphatic heterocycles. The third-order valence-corrected chi connectivity index (χ3v) is 2.79. The van der Waals surface area contributed by atoms with Crippen LogP contribution in [0.1, 0.15) is 51.4 Å². The number of hydrogen-bond acceptors (Lipinski definition) is 1. The lowest BCUT2D eigenvalue weighted by Crippen LogP contribution is -2.07. The molecule has 0 saturated heterocycles. The number of hydrogen-bond donors (Lipinski definition) is 1. The summed E-state index contributed by atoms with van der Waals surface area (Å²) in [5.41, 5.74) is 5.44. The molecule has 1 aliphatic rings. The van der Waals surface area contributed by atoms with Gasteiger partial charge in [0.1, 0.15) is 0 Å². The van der Waals surface area contributed by atoms with Gasteiger partial charge >= 0.3 is 0 Å². The van der Waals surface area contributed by atoms with Gasteiger partial charge in [-0.05, 0) is 18.9 Å². The molecule has 0 unspecified atom stereocenters. The van der Waals surface area contributed by atoms with Crippen molar-refractivity contribution in [3.8, 4) is 0 Å². The normalized spacial score (nSPS) is 18.8. The fourth-order valence-corrected chi connectivity index (χ4v) is 2.05. The van der Waals surface area contributed by atoms with E-state index in [4.69, 9.17) is 5.73 Å². The van der Waals surface area contributed by atoms with Crippen LogP contribution < -0.4 is 5.73 Å². The Labute approximate surface area is 82.5 Å². The highest BCUT2D eigenvalue weighted by molar-refractivity contribution is 5.85. The summed E-state index contributed by atoms with van der Waals surface area (Å²) in [6.45, 7) is 0.882. The zero-order valence-corrected chi connectivity index (χ0v) is 8.74. The Morgan fingerprint density at radius 1 is 1.00 bits per heavy atom. The third kappa shape index (κ3) is 5.00. The summed E-state index contributed by atoms with van der Waals surface area (Å²) in [4.78, 5) is 0. The van der Waals surface area contributed by atoms with E-state index in [2.05, 4.69) is 0 Å². The molecule has 74 valence electrons. The molecule has 0 bridgehead atoms. The van der Waals surface area contributed by atoms with Crippen molar-refractivity contribution in [3.05, 3.63) is 0 Å². The van der Waals surface area contributed by atoms with Crippen LogP contribution >= 0.6 is 12.4 Å². The van der Waals surface area contributed by atoms with Crippen molar-refractivity contribution in [1.82, 2.24) is 0 Å². The number of rotatable bonds is 4. The van der Waals surface area contributed by atoms with Crippen LogP contribution in [0, 0.1) is 5.92 Å². The molecule has 0 radical (unpaired) electrons. The van der Waals surface area contributed by atoms with E-state index >= 15 is 0 Å². The van der Waals surface area contributed by atoms with Crippen molar-refractivity contribution in [2.75, 3.05) is 6.54 Å². The van der Waals surface area contributed by atoms with Crippen LogP contribution in [0.3, 0.4) is 0 Å². The minimum Gasteiger partial charge on any atom is -0.330 e. The molecule has 0 aromatic heterocycles. The summed E-state index contributed by atoms with van der Waals surface area (Å²) < 4.78 is 0. The second-order valence-corrected chi connectivity index (χ2v) is 3.79. The fourth-order valence-electron chi connectivity index (χ4n) is 2.05. The van der Waals surface area contributed by atoms with Crippen LogP contribution in [0.4, 0.5) is 0 Å². The van der Waals surface area contributed by atoms with Crippen molar-refractivity contribution in [2.45, 2.75) is 51.4 Å². The maximum Gasteiger partial charge on any atom is -0.00773 e. The lowest BCUT2D eigenvalue weighted by molar-refractivity contribution is 0.330. The summed E-state index contributed by atoms with van der Waals surface area (Å²) in [6.07, 6.45) is 11.5. The van der Waals surface area contributed by atoms with Crippen LogP contribution in [-0.4, -0.2) is 6.54 Å². The highest BCUT2D eigenvalue weighted by Crippen LogP contribution is 2.27. The first-order chi connectivity index (χ1) is 5.43. The van der Waals surface area contributed by atoms with Gasteiger partial charge < -0.3 is 5.73 Å². The molecule has 1 saturated carbocycles. The Morgan fingerprint density at radius 2 is 1.67 bits per heavy atom. The Balaban J connectivity index is 0.00000121. The molecule has 2 heteroatoms. The molecular formula is C10H22ClN. The van der Waals surface area contributed by atoms with E-state index in [0.29, 0.717) is 0 Å².